The van der Waals surface area contributed by atoms with Crippen molar-refractivity contribution >= 4 is 11.1 Å². The van der Waals surface area contributed by atoms with Crippen molar-refractivity contribution in [1.29, 1.82) is 0 Å². The fraction of sp³-hybridized carbons (Fsp3) is 0.167. The minimum absolute atomic E-state index is 0.0457. The third-order valence-corrected chi connectivity index (χ3v) is 17.4. The van der Waals surface area contributed by atoms with Crippen molar-refractivity contribution in [3.63, 3.8) is 0 Å². The molecule has 0 saturated heterocycles. The summed E-state index contributed by atoms with van der Waals surface area (Å²) in [5.74, 6) is 0.507. The first-order valence-electron chi connectivity index (χ1n) is 26.5. The van der Waals surface area contributed by atoms with Crippen molar-refractivity contribution in [1.82, 2.24) is 0 Å². The highest BCUT2D eigenvalue weighted by molar-refractivity contribution is 5.97. The van der Waals surface area contributed by atoms with E-state index in [2.05, 4.69) is 244 Å². The van der Waals surface area contributed by atoms with Gasteiger partial charge in [0.25, 0.3) is 0 Å². The fourth-order valence-corrected chi connectivity index (χ4v) is 14.0. The van der Waals surface area contributed by atoms with Crippen LogP contribution < -0.4 is 0 Å². The molecule has 14 rings (SSSR count). The zero-order valence-electron chi connectivity index (χ0n) is 41.3. The van der Waals surface area contributed by atoms with Gasteiger partial charge in [-0.05, 0) is 168 Å². The van der Waals surface area contributed by atoms with Gasteiger partial charge in [-0.1, -0.05) is 238 Å². The summed E-state index contributed by atoms with van der Waals surface area (Å²) < 4.78 is 0. The standard InChI is InChI=1S/C72H58/c1-71(2)65-31-17-14-30-60(65)64-45-52(36-39-66(64)71)63(57-27-13-12-26-56(57)50-24-10-5-11-25-50)40-47-34-37-61-62-38-35-51(55-43-53(48-20-6-3-7-21-48)42-54(44-55)49-22-8-4-9-23-49)46-70(62)72(69(61)41-47)67-32-18-15-28-58(67)59-29-16-19-33-68(59)72/h3,5-8,10-20,22-33,35-36,38-39,41-46,48,63H,4,9,21,34,37,40H2,1-2H3. The molecule has 0 nitrogen and oxygen atoms in total. The van der Waals surface area contributed by atoms with E-state index in [-0.39, 0.29) is 11.3 Å². The fourth-order valence-electron chi connectivity index (χ4n) is 14.0. The molecule has 8 aromatic carbocycles. The predicted octanol–water partition coefficient (Wildman–Crippen LogP) is 18.7. The molecule has 2 atom stereocenters. The highest BCUT2D eigenvalue weighted by Gasteiger charge is 2.53. The average molecular weight is 923 g/mol. The number of benzene rings is 8. The molecule has 0 radical (unpaired) electrons. The Morgan fingerprint density at radius 2 is 1.19 bits per heavy atom. The SMILES string of the molecule is CC1(C)c2ccccc2-c2cc(C(CC3=CC4=C(CC3)c3ccc(-c5cc(C6=CCCC=C6)cc(C6C=CC=CC6)c5)cc3C43c4ccccc4-c4ccccc43)c3ccccc3-c3ccccc3)ccc21. The topological polar surface area (TPSA) is 0 Å². The number of fused-ring (bicyclic) bond motifs is 12. The molecule has 72 heavy (non-hydrogen) atoms. The van der Waals surface area contributed by atoms with E-state index >= 15 is 0 Å². The van der Waals surface area contributed by atoms with Crippen molar-refractivity contribution in [3.8, 4) is 44.5 Å². The van der Waals surface area contributed by atoms with E-state index in [1.54, 1.807) is 0 Å². The summed E-state index contributed by atoms with van der Waals surface area (Å²) in [6.07, 6.45) is 25.1. The third-order valence-electron chi connectivity index (χ3n) is 17.4. The van der Waals surface area contributed by atoms with Gasteiger partial charge in [0.2, 0.25) is 0 Å². The van der Waals surface area contributed by atoms with Gasteiger partial charge in [0.1, 0.15) is 0 Å². The van der Waals surface area contributed by atoms with Crippen molar-refractivity contribution in [2.45, 2.75) is 75.0 Å². The largest absolute Gasteiger partial charge is 0.0836 e. The van der Waals surface area contributed by atoms with Gasteiger partial charge in [-0.3, -0.25) is 0 Å². The summed E-state index contributed by atoms with van der Waals surface area (Å²) >= 11 is 0. The molecule has 0 heterocycles. The van der Waals surface area contributed by atoms with Crippen LogP contribution in [0.4, 0.5) is 0 Å². The summed E-state index contributed by atoms with van der Waals surface area (Å²) in [6, 6.07) is 70.4. The molecule has 0 aliphatic heterocycles. The van der Waals surface area contributed by atoms with Gasteiger partial charge in [-0.15, -0.1) is 0 Å². The Morgan fingerprint density at radius 3 is 1.94 bits per heavy atom. The van der Waals surface area contributed by atoms with E-state index in [4.69, 9.17) is 0 Å². The second-order valence-corrected chi connectivity index (χ2v) is 21.6. The molecule has 6 aliphatic rings. The molecule has 1 spiro atoms. The highest BCUT2D eigenvalue weighted by atomic mass is 14.5. The molecule has 0 N–H and O–H groups in total. The van der Waals surface area contributed by atoms with Gasteiger partial charge in [-0.2, -0.15) is 0 Å². The maximum absolute atomic E-state index is 2.70. The zero-order valence-corrected chi connectivity index (χ0v) is 41.3. The van der Waals surface area contributed by atoms with Gasteiger partial charge in [-0.25, -0.2) is 0 Å². The van der Waals surface area contributed by atoms with Crippen molar-refractivity contribution < 1.29 is 0 Å². The Balaban J connectivity index is 0.943. The molecule has 346 valence electrons. The number of hydrogen-bond acceptors (Lipinski definition) is 0. The Hall–Kier alpha value is -7.80. The second kappa shape index (κ2) is 16.9. The molecular formula is C72H58. The molecule has 6 aliphatic carbocycles. The van der Waals surface area contributed by atoms with E-state index in [1.165, 1.54) is 122 Å². The first-order valence-corrected chi connectivity index (χ1v) is 26.5. The first kappa shape index (κ1) is 43.0. The number of allylic oxidation sites excluding steroid dienone is 12. The predicted molar refractivity (Wildman–Crippen MR) is 302 cm³/mol. The van der Waals surface area contributed by atoms with Gasteiger partial charge >= 0.3 is 0 Å². The van der Waals surface area contributed by atoms with Crippen LogP contribution in [-0.2, 0) is 10.8 Å². The quantitative estimate of drug-likeness (QED) is 0.142. The molecule has 8 aromatic rings. The van der Waals surface area contributed by atoms with Crippen molar-refractivity contribution in [3.05, 3.63) is 297 Å². The molecule has 0 saturated carbocycles. The van der Waals surface area contributed by atoms with E-state index in [0.29, 0.717) is 5.92 Å². The molecular weight excluding hydrogens is 865 g/mol. The van der Waals surface area contributed by atoms with E-state index in [1.807, 2.05) is 0 Å². The maximum atomic E-state index is 2.70. The highest BCUT2D eigenvalue weighted by Crippen LogP contribution is 2.64. The van der Waals surface area contributed by atoms with Crippen LogP contribution in [0, 0.1) is 0 Å². The van der Waals surface area contributed by atoms with Gasteiger partial charge in [0.15, 0.2) is 0 Å². The first-order chi connectivity index (χ1) is 35.4. The second-order valence-electron chi connectivity index (χ2n) is 21.6. The summed E-state index contributed by atoms with van der Waals surface area (Å²) in [6.45, 7) is 4.78. The number of rotatable bonds is 8. The Labute approximate surface area is 425 Å². The van der Waals surface area contributed by atoms with Crippen LogP contribution in [0.5, 0.6) is 0 Å². The number of hydrogen-bond donors (Lipinski definition) is 0. The lowest BCUT2D eigenvalue weighted by atomic mass is 9.68. The summed E-state index contributed by atoms with van der Waals surface area (Å²) in [5.41, 5.74) is 30.0. The zero-order chi connectivity index (χ0) is 48.0. The normalized spacial score (nSPS) is 18.4. The lowest BCUT2D eigenvalue weighted by molar-refractivity contribution is 0.659. The summed E-state index contributed by atoms with van der Waals surface area (Å²) in [4.78, 5) is 0. The average Bonchev–Trinajstić information content (AvgIpc) is 4.01. The molecule has 2 unspecified atom stereocenters. The molecule has 0 amide bonds. The Bertz CT molecular complexity index is 3680. The van der Waals surface area contributed by atoms with Crippen LogP contribution in [0.2, 0.25) is 0 Å². The van der Waals surface area contributed by atoms with Gasteiger partial charge < -0.3 is 0 Å². The lowest BCUT2D eigenvalue weighted by Crippen LogP contribution is -2.27. The van der Waals surface area contributed by atoms with Crippen molar-refractivity contribution in [2.75, 3.05) is 0 Å². The van der Waals surface area contributed by atoms with Crippen LogP contribution in [0.25, 0.3) is 55.7 Å². The lowest BCUT2D eigenvalue weighted by Gasteiger charge is -2.34. The summed E-state index contributed by atoms with van der Waals surface area (Å²) in [5, 5.41) is 0. The molecule has 0 fully saturated rings. The van der Waals surface area contributed by atoms with E-state index in [0.717, 1.165) is 38.5 Å². The van der Waals surface area contributed by atoms with E-state index < -0.39 is 5.41 Å². The van der Waals surface area contributed by atoms with Crippen molar-refractivity contribution in [2.24, 2.45) is 0 Å². The van der Waals surface area contributed by atoms with Crippen LogP contribution in [0.3, 0.4) is 0 Å². The molecule has 0 bridgehead atoms. The summed E-state index contributed by atoms with van der Waals surface area (Å²) in [7, 11) is 0. The molecule has 0 heteroatoms. The van der Waals surface area contributed by atoms with Gasteiger partial charge in [0.05, 0.1) is 5.41 Å². The maximum Gasteiger partial charge on any atom is 0.0722 e. The van der Waals surface area contributed by atoms with Crippen LogP contribution >= 0.6 is 0 Å². The minimum atomic E-state index is -0.439. The van der Waals surface area contributed by atoms with Crippen LogP contribution in [0.15, 0.2) is 242 Å². The smallest absolute Gasteiger partial charge is 0.0722 e. The molecule has 0 aromatic heterocycles. The van der Waals surface area contributed by atoms with Crippen LogP contribution in [0.1, 0.15) is 120 Å². The van der Waals surface area contributed by atoms with Gasteiger partial charge in [0, 0.05) is 17.3 Å². The Kier molecular flexibility index (Phi) is 10.1. The monoisotopic (exact) mass is 922 g/mol. The third kappa shape index (κ3) is 6.65. The van der Waals surface area contributed by atoms with Crippen LogP contribution in [-0.4, -0.2) is 0 Å². The Morgan fingerprint density at radius 1 is 0.500 bits per heavy atom. The minimum Gasteiger partial charge on any atom is -0.0836 e. The van der Waals surface area contributed by atoms with E-state index in [9.17, 15) is 0 Å².